The van der Waals surface area contributed by atoms with Gasteiger partial charge in [0.05, 0.1) is 11.9 Å². The molecule has 2 N–H and O–H groups in total. The van der Waals surface area contributed by atoms with Crippen molar-refractivity contribution in [3.8, 4) is 11.3 Å². The molecule has 3 aromatic rings. The van der Waals surface area contributed by atoms with Crippen LogP contribution in [0, 0.1) is 6.92 Å². The van der Waals surface area contributed by atoms with Crippen molar-refractivity contribution in [1.82, 2.24) is 25.1 Å². The smallest absolute Gasteiger partial charge is 0.227 e. The molecule has 1 aromatic carbocycles. The van der Waals surface area contributed by atoms with Crippen LogP contribution < -0.4 is 10.6 Å². The van der Waals surface area contributed by atoms with Gasteiger partial charge in [0.1, 0.15) is 5.78 Å². The van der Waals surface area contributed by atoms with E-state index in [1.165, 1.54) is 11.1 Å². The van der Waals surface area contributed by atoms with E-state index in [0.29, 0.717) is 18.4 Å². The second-order valence-electron chi connectivity index (χ2n) is 8.23. The number of hydrogen-bond donors (Lipinski definition) is 2. The zero-order valence-corrected chi connectivity index (χ0v) is 17.9. The summed E-state index contributed by atoms with van der Waals surface area (Å²) in [4.78, 5) is 20.8. The highest BCUT2D eigenvalue weighted by atomic mass is 16.1. The van der Waals surface area contributed by atoms with Gasteiger partial charge in [0.2, 0.25) is 5.95 Å². The molecule has 1 aliphatic heterocycles. The van der Waals surface area contributed by atoms with Gasteiger partial charge >= 0.3 is 0 Å². The zero-order chi connectivity index (χ0) is 21.3. The van der Waals surface area contributed by atoms with Gasteiger partial charge in [-0.25, -0.2) is 9.97 Å². The highest BCUT2D eigenvalue weighted by molar-refractivity contribution is 5.76. The maximum Gasteiger partial charge on any atom is 0.227 e. The minimum Gasteiger partial charge on any atom is -0.324 e. The van der Waals surface area contributed by atoms with Crippen LogP contribution >= 0.6 is 0 Å². The first-order chi connectivity index (χ1) is 14.4. The van der Waals surface area contributed by atoms with Crippen LogP contribution in [0.1, 0.15) is 56.0 Å². The fourth-order valence-electron chi connectivity index (χ4n) is 3.87. The SMILES string of the molecule is CC(=O)CC1NCCc2cc(Nc3ncc(C)c(-c4cnn(C(C)C)c4)n3)ccc21. The van der Waals surface area contributed by atoms with Crippen molar-refractivity contribution >= 4 is 17.4 Å². The molecule has 0 radical (unpaired) electrons. The van der Waals surface area contributed by atoms with Gasteiger partial charge in [-0.1, -0.05) is 6.07 Å². The Kier molecular flexibility index (Phi) is 5.63. The van der Waals surface area contributed by atoms with Crippen molar-refractivity contribution in [1.29, 1.82) is 0 Å². The summed E-state index contributed by atoms with van der Waals surface area (Å²) >= 11 is 0. The average molecular weight is 405 g/mol. The van der Waals surface area contributed by atoms with E-state index in [4.69, 9.17) is 4.98 Å². The molecule has 3 heterocycles. The molecule has 0 aliphatic carbocycles. The number of Topliss-reactive ketones (excluding diaryl/α,β-unsaturated/α-hetero) is 1. The summed E-state index contributed by atoms with van der Waals surface area (Å²) in [6.45, 7) is 8.72. The number of hydrogen-bond acceptors (Lipinski definition) is 6. The van der Waals surface area contributed by atoms with E-state index < -0.39 is 0 Å². The van der Waals surface area contributed by atoms with Gasteiger partial charge in [-0.3, -0.25) is 9.48 Å². The van der Waals surface area contributed by atoms with Crippen molar-refractivity contribution in [2.45, 2.75) is 52.6 Å². The summed E-state index contributed by atoms with van der Waals surface area (Å²) in [5.41, 5.74) is 6.28. The number of anilines is 2. The number of nitrogens with zero attached hydrogens (tertiary/aromatic N) is 4. The third-order valence-corrected chi connectivity index (χ3v) is 5.43. The van der Waals surface area contributed by atoms with Crippen molar-refractivity contribution in [3.63, 3.8) is 0 Å². The number of rotatable bonds is 6. The first-order valence-corrected chi connectivity index (χ1v) is 10.4. The lowest BCUT2D eigenvalue weighted by atomic mass is 9.91. The van der Waals surface area contributed by atoms with E-state index in [1.807, 2.05) is 36.3 Å². The van der Waals surface area contributed by atoms with Gasteiger partial charge in [0.25, 0.3) is 0 Å². The molecule has 7 nitrogen and oxygen atoms in total. The Morgan fingerprint density at radius 2 is 2.17 bits per heavy atom. The lowest BCUT2D eigenvalue weighted by Gasteiger charge is -2.26. The Labute approximate surface area is 176 Å². The Morgan fingerprint density at radius 1 is 1.33 bits per heavy atom. The fourth-order valence-corrected chi connectivity index (χ4v) is 3.87. The number of nitrogens with one attached hydrogen (secondary N) is 2. The summed E-state index contributed by atoms with van der Waals surface area (Å²) in [6, 6.07) is 6.66. The minimum atomic E-state index is 0.0972. The van der Waals surface area contributed by atoms with Gasteiger partial charge in [-0.05, 0) is 69.5 Å². The summed E-state index contributed by atoms with van der Waals surface area (Å²) in [5, 5.41) is 11.2. The standard InChI is InChI=1S/C23H28N6O/c1-14(2)29-13-18(12-26-29)22-15(3)11-25-23(28-22)27-19-5-6-20-17(10-19)7-8-24-21(20)9-16(4)30/h5-6,10-14,21,24H,7-9H2,1-4H3,(H,25,27,28). The van der Waals surface area contributed by atoms with Crippen LogP contribution in [-0.2, 0) is 11.2 Å². The summed E-state index contributed by atoms with van der Waals surface area (Å²) in [6.07, 6.45) is 7.16. The summed E-state index contributed by atoms with van der Waals surface area (Å²) in [5.74, 6) is 0.756. The molecule has 1 aliphatic rings. The molecule has 30 heavy (non-hydrogen) atoms. The molecular formula is C23H28N6O. The Bertz CT molecular complexity index is 1070. The number of carbonyl (C=O) groups excluding carboxylic acids is 1. The summed E-state index contributed by atoms with van der Waals surface area (Å²) in [7, 11) is 0. The van der Waals surface area contributed by atoms with E-state index in [-0.39, 0.29) is 11.8 Å². The average Bonchev–Trinajstić information content (AvgIpc) is 3.19. The van der Waals surface area contributed by atoms with Crippen LogP contribution in [0.4, 0.5) is 11.6 Å². The van der Waals surface area contributed by atoms with Crippen LogP contribution in [0.15, 0.2) is 36.8 Å². The maximum atomic E-state index is 11.6. The van der Waals surface area contributed by atoms with E-state index >= 15 is 0 Å². The molecule has 0 amide bonds. The highest BCUT2D eigenvalue weighted by Crippen LogP contribution is 2.29. The van der Waals surface area contributed by atoms with Crippen molar-refractivity contribution in [3.05, 3.63) is 53.5 Å². The first kappa shape index (κ1) is 20.2. The Hall–Kier alpha value is -3.06. The lowest BCUT2D eigenvalue weighted by Crippen LogP contribution is -2.31. The van der Waals surface area contributed by atoms with Gasteiger partial charge < -0.3 is 10.6 Å². The van der Waals surface area contributed by atoms with Crippen LogP contribution in [0.2, 0.25) is 0 Å². The second kappa shape index (κ2) is 8.36. The number of carbonyl (C=O) groups is 1. The molecule has 1 unspecified atom stereocenters. The van der Waals surface area contributed by atoms with Gasteiger partial charge in [0.15, 0.2) is 0 Å². The molecule has 0 saturated carbocycles. The predicted octanol–water partition coefficient (Wildman–Crippen LogP) is 4.14. The second-order valence-corrected chi connectivity index (χ2v) is 8.23. The first-order valence-electron chi connectivity index (χ1n) is 10.4. The molecule has 0 saturated heterocycles. The number of ketones is 1. The lowest BCUT2D eigenvalue weighted by molar-refractivity contribution is -0.117. The van der Waals surface area contributed by atoms with Gasteiger partial charge in [0, 0.05) is 42.1 Å². The molecule has 2 aromatic heterocycles. The molecule has 0 bridgehead atoms. The monoisotopic (exact) mass is 404 g/mol. The van der Waals surface area contributed by atoms with E-state index in [0.717, 1.165) is 35.5 Å². The molecule has 7 heteroatoms. The van der Waals surface area contributed by atoms with Crippen molar-refractivity contribution < 1.29 is 4.79 Å². The largest absolute Gasteiger partial charge is 0.324 e. The highest BCUT2D eigenvalue weighted by Gasteiger charge is 2.21. The van der Waals surface area contributed by atoms with Crippen LogP contribution in [-0.4, -0.2) is 32.1 Å². The molecule has 1 atom stereocenters. The predicted molar refractivity (Wildman–Crippen MR) is 118 cm³/mol. The van der Waals surface area contributed by atoms with E-state index in [1.54, 1.807) is 6.92 Å². The fraction of sp³-hybridized carbons (Fsp3) is 0.391. The zero-order valence-electron chi connectivity index (χ0n) is 17.9. The number of aryl methyl sites for hydroxylation is 1. The normalized spacial score (nSPS) is 15.8. The van der Waals surface area contributed by atoms with E-state index in [9.17, 15) is 4.79 Å². The van der Waals surface area contributed by atoms with Crippen LogP contribution in [0.5, 0.6) is 0 Å². The number of fused-ring (bicyclic) bond motifs is 1. The number of aromatic nitrogens is 4. The van der Waals surface area contributed by atoms with Crippen LogP contribution in [0.25, 0.3) is 11.3 Å². The maximum absolute atomic E-state index is 11.6. The van der Waals surface area contributed by atoms with E-state index in [2.05, 4.69) is 46.7 Å². The van der Waals surface area contributed by atoms with Crippen molar-refractivity contribution in [2.24, 2.45) is 0 Å². The molecular weight excluding hydrogens is 376 g/mol. The number of benzene rings is 1. The minimum absolute atomic E-state index is 0.0972. The third-order valence-electron chi connectivity index (χ3n) is 5.43. The molecule has 4 rings (SSSR count). The quantitative estimate of drug-likeness (QED) is 0.642. The topological polar surface area (TPSA) is 84.7 Å². The molecule has 0 fully saturated rings. The Morgan fingerprint density at radius 3 is 2.90 bits per heavy atom. The van der Waals surface area contributed by atoms with Crippen molar-refractivity contribution in [2.75, 3.05) is 11.9 Å². The Balaban J connectivity index is 1.58. The van der Waals surface area contributed by atoms with Crippen LogP contribution in [0.3, 0.4) is 0 Å². The third kappa shape index (κ3) is 4.26. The van der Waals surface area contributed by atoms with Gasteiger partial charge in [-0.2, -0.15) is 5.10 Å². The summed E-state index contributed by atoms with van der Waals surface area (Å²) < 4.78 is 1.93. The molecule has 156 valence electrons. The molecule has 0 spiro atoms. The van der Waals surface area contributed by atoms with Gasteiger partial charge in [-0.15, -0.1) is 0 Å².